The number of hydrogen-bond acceptors (Lipinski definition) is 3. The third-order valence-electron chi connectivity index (χ3n) is 3.47. The summed E-state index contributed by atoms with van der Waals surface area (Å²) < 4.78 is 38.1. The van der Waals surface area contributed by atoms with Gasteiger partial charge in [0, 0.05) is 16.6 Å². The van der Waals surface area contributed by atoms with Gasteiger partial charge in [0.15, 0.2) is 0 Å². The van der Waals surface area contributed by atoms with Crippen LogP contribution < -0.4 is 5.32 Å². The van der Waals surface area contributed by atoms with E-state index in [2.05, 4.69) is 10.3 Å². The Kier molecular flexibility index (Phi) is 5.29. The van der Waals surface area contributed by atoms with Crippen LogP contribution in [0.25, 0.3) is 10.6 Å². The minimum Gasteiger partial charge on any atom is -0.326 e. The second-order valence-electron chi connectivity index (χ2n) is 5.43. The number of thiazole rings is 1. The number of nitrogens with one attached hydrogen (secondary N) is 1. The summed E-state index contributed by atoms with van der Waals surface area (Å²) in [5, 5.41) is 5.42. The first-order valence-electron chi connectivity index (χ1n) is 7.49. The normalized spacial score (nSPS) is 11.4. The molecule has 0 aliphatic heterocycles. The Labute approximate surface area is 156 Å². The first-order valence-corrected chi connectivity index (χ1v) is 8.75. The standard InChI is InChI=1S/C18H12ClF3N2OS/c19-15-7-2-1-6-14(15)17-24-13(10-26-17)9-16(25)23-12-5-3-4-11(8-12)18(20,21)22/h1-8,10H,9H2,(H,23,25). The molecule has 0 spiro atoms. The average molecular weight is 397 g/mol. The van der Waals surface area contributed by atoms with Crippen molar-refractivity contribution >= 4 is 34.5 Å². The van der Waals surface area contributed by atoms with E-state index < -0.39 is 17.6 Å². The van der Waals surface area contributed by atoms with Crippen LogP contribution in [0.2, 0.25) is 5.02 Å². The summed E-state index contributed by atoms with van der Waals surface area (Å²) in [5.41, 5.74) is 0.564. The zero-order valence-electron chi connectivity index (χ0n) is 13.2. The highest BCUT2D eigenvalue weighted by Crippen LogP contribution is 2.31. The monoisotopic (exact) mass is 396 g/mol. The van der Waals surface area contributed by atoms with E-state index >= 15 is 0 Å². The SMILES string of the molecule is O=C(Cc1csc(-c2ccccc2Cl)n1)Nc1cccc(C(F)(F)F)c1. The quantitative estimate of drug-likeness (QED) is 0.618. The highest BCUT2D eigenvalue weighted by molar-refractivity contribution is 7.13. The third kappa shape index (κ3) is 4.42. The van der Waals surface area contributed by atoms with E-state index in [0.29, 0.717) is 15.7 Å². The number of anilines is 1. The molecule has 0 fully saturated rings. The van der Waals surface area contributed by atoms with Crippen molar-refractivity contribution in [3.05, 3.63) is 70.2 Å². The number of carbonyl (C=O) groups excluding carboxylic acids is 1. The molecule has 134 valence electrons. The van der Waals surface area contributed by atoms with Crippen molar-refractivity contribution in [3.63, 3.8) is 0 Å². The lowest BCUT2D eigenvalue weighted by Crippen LogP contribution is -2.15. The van der Waals surface area contributed by atoms with Crippen molar-refractivity contribution in [2.75, 3.05) is 5.32 Å². The van der Waals surface area contributed by atoms with Crippen LogP contribution in [0.4, 0.5) is 18.9 Å². The first kappa shape index (κ1) is 18.4. The fraction of sp³-hybridized carbons (Fsp3) is 0.111. The Bertz CT molecular complexity index is 940. The predicted octanol–water partition coefficient (Wildman–Crippen LogP) is 5.66. The molecule has 0 aliphatic rings. The van der Waals surface area contributed by atoms with Crippen LogP contribution in [0.1, 0.15) is 11.3 Å². The highest BCUT2D eigenvalue weighted by atomic mass is 35.5. The van der Waals surface area contributed by atoms with E-state index in [9.17, 15) is 18.0 Å². The summed E-state index contributed by atoms with van der Waals surface area (Å²) in [7, 11) is 0. The number of halogens is 4. The predicted molar refractivity (Wildman–Crippen MR) is 96.3 cm³/mol. The molecule has 0 bridgehead atoms. The molecule has 3 rings (SSSR count). The largest absolute Gasteiger partial charge is 0.416 e. The fourth-order valence-corrected chi connectivity index (χ4v) is 3.43. The summed E-state index contributed by atoms with van der Waals surface area (Å²) >= 11 is 7.47. The lowest BCUT2D eigenvalue weighted by atomic mass is 10.2. The Morgan fingerprint density at radius 2 is 1.92 bits per heavy atom. The number of alkyl halides is 3. The molecule has 0 radical (unpaired) electrons. The van der Waals surface area contributed by atoms with Crippen molar-refractivity contribution < 1.29 is 18.0 Å². The van der Waals surface area contributed by atoms with Gasteiger partial charge in [-0.05, 0) is 24.3 Å². The smallest absolute Gasteiger partial charge is 0.326 e. The molecule has 2 aromatic carbocycles. The summed E-state index contributed by atoms with van der Waals surface area (Å²) in [6, 6.07) is 11.7. The number of carbonyl (C=O) groups is 1. The Morgan fingerprint density at radius 1 is 1.15 bits per heavy atom. The van der Waals surface area contributed by atoms with Crippen molar-refractivity contribution in [1.82, 2.24) is 4.98 Å². The van der Waals surface area contributed by atoms with Gasteiger partial charge in [0.05, 0.1) is 22.7 Å². The third-order valence-corrected chi connectivity index (χ3v) is 4.73. The summed E-state index contributed by atoms with van der Waals surface area (Å²) in [6.45, 7) is 0. The van der Waals surface area contributed by atoms with Gasteiger partial charge in [0.2, 0.25) is 5.91 Å². The van der Waals surface area contributed by atoms with Gasteiger partial charge >= 0.3 is 6.18 Å². The van der Waals surface area contributed by atoms with Gasteiger partial charge < -0.3 is 5.32 Å². The Balaban J connectivity index is 1.69. The summed E-state index contributed by atoms with van der Waals surface area (Å²) in [5.74, 6) is -0.444. The molecule has 0 saturated heterocycles. The number of hydrogen-bond donors (Lipinski definition) is 1. The number of amides is 1. The lowest BCUT2D eigenvalue weighted by Gasteiger charge is -2.09. The van der Waals surface area contributed by atoms with Crippen molar-refractivity contribution in [2.45, 2.75) is 12.6 Å². The van der Waals surface area contributed by atoms with Crippen molar-refractivity contribution in [2.24, 2.45) is 0 Å². The highest BCUT2D eigenvalue weighted by Gasteiger charge is 2.30. The van der Waals surface area contributed by atoms with Crippen molar-refractivity contribution in [1.29, 1.82) is 0 Å². The number of nitrogens with zero attached hydrogens (tertiary/aromatic N) is 1. The lowest BCUT2D eigenvalue weighted by molar-refractivity contribution is -0.137. The van der Waals surface area contributed by atoms with Gasteiger partial charge in [-0.15, -0.1) is 11.3 Å². The maximum absolute atomic E-state index is 12.7. The molecule has 8 heteroatoms. The van der Waals surface area contributed by atoms with Crippen LogP contribution in [-0.2, 0) is 17.4 Å². The number of aromatic nitrogens is 1. The molecule has 1 N–H and O–H groups in total. The van der Waals surface area contributed by atoms with Gasteiger partial charge in [-0.1, -0.05) is 35.9 Å². The van der Waals surface area contributed by atoms with Crippen LogP contribution >= 0.6 is 22.9 Å². The van der Waals surface area contributed by atoms with E-state index in [0.717, 1.165) is 17.7 Å². The van der Waals surface area contributed by atoms with E-state index in [1.165, 1.54) is 23.5 Å². The fourth-order valence-electron chi connectivity index (χ4n) is 2.29. The number of rotatable bonds is 4. The number of benzene rings is 2. The summed E-state index contributed by atoms with van der Waals surface area (Å²) in [6.07, 6.45) is -4.50. The van der Waals surface area contributed by atoms with Gasteiger partial charge in [0.1, 0.15) is 5.01 Å². The molecule has 1 aromatic heterocycles. The minimum absolute atomic E-state index is 0.0444. The Morgan fingerprint density at radius 3 is 2.65 bits per heavy atom. The van der Waals surface area contributed by atoms with Crippen LogP contribution in [0, 0.1) is 0 Å². The molecule has 1 heterocycles. The summed E-state index contributed by atoms with van der Waals surface area (Å²) in [4.78, 5) is 16.5. The molecule has 3 nitrogen and oxygen atoms in total. The van der Waals surface area contributed by atoms with Gasteiger partial charge in [-0.3, -0.25) is 4.79 Å². The molecule has 0 unspecified atom stereocenters. The first-order chi connectivity index (χ1) is 12.3. The molecule has 0 atom stereocenters. The zero-order valence-corrected chi connectivity index (χ0v) is 14.8. The van der Waals surface area contributed by atoms with Crippen LogP contribution in [0.15, 0.2) is 53.9 Å². The Hall–Kier alpha value is -2.38. The van der Waals surface area contributed by atoms with E-state index in [1.54, 1.807) is 11.4 Å². The van der Waals surface area contributed by atoms with Gasteiger partial charge in [0.25, 0.3) is 0 Å². The van der Waals surface area contributed by atoms with Crippen LogP contribution in [0.5, 0.6) is 0 Å². The van der Waals surface area contributed by atoms with Crippen LogP contribution in [-0.4, -0.2) is 10.9 Å². The second-order valence-corrected chi connectivity index (χ2v) is 6.69. The van der Waals surface area contributed by atoms with Gasteiger partial charge in [-0.25, -0.2) is 4.98 Å². The molecule has 0 aliphatic carbocycles. The van der Waals surface area contributed by atoms with Gasteiger partial charge in [-0.2, -0.15) is 13.2 Å². The topological polar surface area (TPSA) is 42.0 Å². The molecule has 0 saturated carbocycles. The second kappa shape index (κ2) is 7.47. The average Bonchev–Trinajstić information content (AvgIpc) is 3.02. The van der Waals surface area contributed by atoms with E-state index in [4.69, 9.17) is 11.6 Å². The molecular weight excluding hydrogens is 385 g/mol. The molecule has 3 aromatic rings. The molecule has 26 heavy (non-hydrogen) atoms. The molecule has 1 amide bonds. The van der Waals surface area contributed by atoms with Crippen LogP contribution in [0.3, 0.4) is 0 Å². The molecular formula is C18H12ClF3N2OS. The van der Waals surface area contributed by atoms with E-state index in [1.807, 2.05) is 18.2 Å². The maximum atomic E-state index is 12.7. The maximum Gasteiger partial charge on any atom is 0.416 e. The van der Waals surface area contributed by atoms with E-state index in [-0.39, 0.29) is 12.1 Å². The zero-order chi connectivity index (χ0) is 18.7. The van der Waals surface area contributed by atoms with Crippen molar-refractivity contribution in [3.8, 4) is 10.6 Å². The minimum atomic E-state index is -4.46.